The molecule has 0 aliphatic heterocycles. The first-order valence-electron chi connectivity index (χ1n) is 8.50. The number of benzene rings is 1. The lowest BCUT2D eigenvalue weighted by molar-refractivity contribution is 0.0519. The summed E-state index contributed by atoms with van der Waals surface area (Å²) in [5.74, 6) is -1.50. The van der Waals surface area contributed by atoms with Crippen LogP contribution in [0.25, 0.3) is 5.69 Å². The number of carbonyl (C=O) groups is 2. The number of pyridine rings is 1. The van der Waals surface area contributed by atoms with E-state index in [-0.39, 0.29) is 24.3 Å². The second-order valence-corrected chi connectivity index (χ2v) is 5.86. The number of nitrogens with zero attached hydrogens (tertiary/aromatic N) is 1. The molecule has 0 N–H and O–H groups in total. The Bertz CT molecular complexity index is 846. The van der Waals surface area contributed by atoms with Gasteiger partial charge in [0.15, 0.2) is 0 Å². The van der Waals surface area contributed by atoms with Crippen molar-refractivity contribution in [3.05, 3.63) is 62.6 Å². The monoisotopic (exact) mass is 357 g/mol. The van der Waals surface area contributed by atoms with Gasteiger partial charge in [0.2, 0.25) is 5.43 Å². The Morgan fingerprint density at radius 1 is 0.846 bits per heavy atom. The van der Waals surface area contributed by atoms with Crippen molar-refractivity contribution in [2.75, 3.05) is 13.2 Å². The van der Waals surface area contributed by atoms with E-state index in [4.69, 9.17) is 9.47 Å². The van der Waals surface area contributed by atoms with Gasteiger partial charge in [-0.05, 0) is 46.8 Å². The van der Waals surface area contributed by atoms with Gasteiger partial charge >= 0.3 is 11.9 Å². The lowest BCUT2D eigenvalue weighted by Crippen LogP contribution is -2.31. The van der Waals surface area contributed by atoms with E-state index in [0.29, 0.717) is 11.4 Å². The van der Waals surface area contributed by atoms with Crippen LogP contribution in [-0.4, -0.2) is 29.7 Å². The van der Waals surface area contributed by atoms with Crippen molar-refractivity contribution in [1.82, 2.24) is 4.57 Å². The van der Waals surface area contributed by atoms with Crippen molar-refractivity contribution >= 4 is 11.9 Å². The molecule has 0 radical (unpaired) electrons. The Balaban J connectivity index is 2.86. The van der Waals surface area contributed by atoms with Gasteiger partial charge in [-0.2, -0.15) is 0 Å². The maximum Gasteiger partial charge on any atom is 0.343 e. The predicted octanol–water partition coefficient (Wildman–Crippen LogP) is 3.12. The summed E-state index contributed by atoms with van der Waals surface area (Å²) >= 11 is 0. The number of carbonyl (C=O) groups excluding carboxylic acids is 2. The van der Waals surface area contributed by atoms with Gasteiger partial charge in [0.1, 0.15) is 11.1 Å². The number of rotatable bonds is 5. The third-order valence-corrected chi connectivity index (χ3v) is 4.10. The van der Waals surface area contributed by atoms with Crippen molar-refractivity contribution in [2.24, 2.45) is 0 Å². The smallest absolute Gasteiger partial charge is 0.343 e. The molecule has 0 atom stereocenters. The normalized spacial score (nSPS) is 10.5. The van der Waals surface area contributed by atoms with Crippen molar-refractivity contribution < 1.29 is 19.1 Å². The van der Waals surface area contributed by atoms with Crippen LogP contribution in [0, 0.1) is 20.8 Å². The minimum Gasteiger partial charge on any atom is -0.462 e. The molecule has 1 aromatic carbocycles. The molecule has 0 bridgehead atoms. The van der Waals surface area contributed by atoms with Gasteiger partial charge in [0.25, 0.3) is 0 Å². The van der Waals surface area contributed by atoms with E-state index < -0.39 is 17.4 Å². The van der Waals surface area contributed by atoms with Crippen molar-refractivity contribution in [3.8, 4) is 5.69 Å². The van der Waals surface area contributed by atoms with Crippen LogP contribution in [-0.2, 0) is 9.47 Å². The summed E-state index contributed by atoms with van der Waals surface area (Å²) in [5, 5.41) is 0. The predicted molar refractivity (Wildman–Crippen MR) is 98.2 cm³/mol. The second kappa shape index (κ2) is 7.99. The highest BCUT2D eigenvalue weighted by atomic mass is 16.5. The average molecular weight is 357 g/mol. The van der Waals surface area contributed by atoms with E-state index in [0.717, 1.165) is 11.3 Å². The molecule has 1 heterocycles. The number of hydrogen-bond acceptors (Lipinski definition) is 5. The molecule has 0 aliphatic carbocycles. The maximum absolute atomic E-state index is 12.9. The molecular formula is C20H23NO5. The largest absolute Gasteiger partial charge is 0.462 e. The number of ether oxygens (including phenoxy) is 2. The van der Waals surface area contributed by atoms with Gasteiger partial charge in [-0.25, -0.2) is 9.59 Å². The number of esters is 2. The third-order valence-electron chi connectivity index (χ3n) is 4.10. The zero-order chi connectivity index (χ0) is 19.4. The van der Waals surface area contributed by atoms with Gasteiger partial charge < -0.3 is 14.0 Å². The van der Waals surface area contributed by atoms with Gasteiger partial charge in [-0.15, -0.1) is 0 Å². The van der Waals surface area contributed by atoms with E-state index in [1.807, 2.05) is 31.2 Å². The SMILES string of the molecule is CCOC(=O)c1c(C)n(-c2ccc(C)cc2)c(C)c(C(=O)OCC)c1=O. The summed E-state index contributed by atoms with van der Waals surface area (Å²) in [5.41, 5.74) is 1.68. The molecule has 1 aromatic heterocycles. The lowest BCUT2D eigenvalue weighted by Gasteiger charge is -2.20. The molecule has 0 aliphatic rings. The molecule has 2 aromatic rings. The number of aryl methyl sites for hydroxylation is 1. The topological polar surface area (TPSA) is 74.6 Å². The summed E-state index contributed by atoms with van der Waals surface area (Å²) in [6.45, 7) is 8.86. The molecule has 26 heavy (non-hydrogen) atoms. The molecule has 0 fully saturated rings. The molecule has 138 valence electrons. The Kier molecular flexibility index (Phi) is 5.97. The van der Waals surface area contributed by atoms with Crippen LogP contribution in [0.5, 0.6) is 0 Å². The zero-order valence-corrected chi connectivity index (χ0v) is 15.7. The van der Waals surface area contributed by atoms with Gasteiger partial charge in [0, 0.05) is 17.1 Å². The summed E-state index contributed by atoms with van der Waals surface area (Å²) < 4.78 is 11.8. The first-order chi connectivity index (χ1) is 12.3. The first kappa shape index (κ1) is 19.4. The van der Waals surface area contributed by atoms with E-state index in [1.54, 1.807) is 32.3 Å². The van der Waals surface area contributed by atoms with E-state index in [1.165, 1.54) is 0 Å². The molecule has 0 saturated heterocycles. The molecule has 0 saturated carbocycles. The first-order valence-corrected chi connectivity index (χ1v) is 8.50. The van der Waals surface area contributed by atoms with Gasteiger partial charge in [0.05, 0.1) is 13.2 Å². The van der Waals surface area contributed by atoms with Crippen molar-refractivity contribution in [3.63, 3.8) is 0 Å². The lowest BCUT2D eigenvalue weighted by atomic mass is 10.0. The van der Waals surface area contributed by atoms with Crippen molar-refractivity contribution in [1.29, 1.82) is 0 Å². The van der Waals surface area contributed by atoms with Crippen LogP contribution >= 0.6 is 0 Å². The minimum atomic E-state index is -0.749. The van der Waals surface area contributed by atoms with Crippen LogP contribution in [0.15, 0.2) is 29.1 Å². The fourth-order valence-electron chi connectivity index (χ4n) is 2.90. The van der Waals surface area contributed by atoms with Crippen LogP contribution in [0.4, 0.5) is 0 Å². The highest BCUT2D eigenvalue weighted by Crippen LogP contribution is 2.20. The van der Waals surface area contributed by atoms with Crippen LogP contribution < -0.4 is 5.43 Å². The van der Waals surface area contributed by atoms with Crippen LogP contribution in [0.3, 0.4) is 0 Å². The third kappa shape index (κ3) is 3.54. The van der Waals surface area contributed by atoms with Crippen LogP contribution in [0.2, 0.25) is 0 Å². The second-order valence-electron chi connectivity index (χ2n) is 5.86. The van der Waals surface area contributed by atoms with Gasteiger partial charge in [-0.1, -0.05) is 17.7 Å². The number of hydrogen-bond donors (Lipinski definition) is 0. The molecular weight excluding hydrogens is 334 g/mol. The summed E-state index contributed by atoms with van der Waals surface area (Å²) in [4.78, 5) is 37.6. The Hall–Kier alpha value is -2.89. The molecule has 0 spiro atoms. The standard InChI is InChI=1S/C20H23NO5/c1-6-25-19(23)16-13(4)21(15-10-8-12(3)9-11-15)14(5)17(18(16)22)20(24)26-7-2/h8-11H,6-7H2,1-5H3. The summed E-state index contributed by atoms with van der Waals surface area (Å²) in [6.07, 6.45) is 0. The molecule has 6 nitrogen and oxygen atoms in total. The summed E-state index contributed by atoms with van der Waals surface area (Å²) in [7, 11) is 0. The Labute approximate surface area is 152 Å². The van der Waals surface area contributed by atoms with Gasteiger partial charge in [-0.3, -0.25) is 4.79 Å². The fraction of sp³-hybridized carbons (Fsp3) is 0.350. The van der Waals surface area contributed by atoms with Crippen molar-refractivity contribution in [2.45, 2.75) is 34.6 Å². The maximum atomic E-state index is 12.9. The fourth-order valence-corrected chi connectivity index (χ4v) is 2.90. The summed E-state index contributed by atoms with van der Waals surface area (Å²) in [6, 6.07) is 7.56. The number of aromatic nitrogens is 1. The molecule has 6 heteroatoms. The Morgan fingerprint density at radius 2 is 1.27 bits per heavy atom. The Morgan fingerprint density at radius 3 is 1.65 bits per heavy atom. The molecule has 0 unspecified atom stereocenters. The van der Waals surface area contributed by atoms with E-state index in [2.05, 4.69) is 0 Å². The average Bonchev–Trinajstić information content (AvgIpc) is 2.57. The van der Waals surface area contributed by atoms with E-state index >= 15 is 0 Å². The minimum absolute atomic E-state index is 0.130. The van der Waals surface area contributed by atoms with E-state index in [9.17, 15) is 14.4 Å². The zero-order valence-electron chi connectivity index (χ0n) is 15.7. The molecule has 0 amide bonds. The highest BCUT2D eigenvalue weighted by molar-refractivity contribution is 5.96. The molecule has 2 rings (SSSR count). The quantitative estimate of drug-likeness (QED) is 0.769. The van der Waals surface area contributed by atoms with Crippen LogP contribution in [0.1, 0.15) is 51.5 Å². The highest BCUT2D eigenvalue weighted by Gasteiger charge is 2.27.